The van der Waals surface area contributed by atoms with Crippen molar-refractivity contribution < 1.29 is 59.2 Å². The fourth-order valence-corrected chi connectivity index (χ4v) is 1.45. The van der Waals surface area contributed by atoms with E-state index >= 15 is 0 Å². The average molecular weight is 411 g/mol. The number of hydrogen-bond donors (Lipinski definition) is 7. The Morgan fingerprint density at radius 2 is 1.71 bits per heavy atom. The lowest BCUT2D eigenvalue weighted by atomic mass is 10.00. The SMILES string of the molecule is CC(=O)C(=O)OOC(=O)C(O)(OC(=O)CN(C)C(=N)N)C(O)C(O)C(O)CO. The topological polar surface area (TPSA) is 250 Å². The molecule has 0 rings (SSSR count). The zero-order valence-corrected chi connectivity index (χ0v) is 14.8. The fourth-order valence-electron chi connectivity index (χ4n) is 1.45. The first-order valence-electron chi connectivity index (χ1n) is 7.36. The van der Waals surface area contributed by atoms with Crippen LogP contribution in [0.5, 0.6) is 0 Å². The lowest BCUT2D eigenvalue weighted by Gasteiger charge is -2.33. The summed E-state index contributed by atoms with van der Waals surface area (Å²) in [5.74, 6) is -10.9. The molecule has 4 unspecified atom stereocenters. The number of hydrogen-bond acceptors (Lipinski definition) is 13. The monoisotopic (exact) mass is 411 g/mol. The highest BCUT2D eigenvalue weighted by Crippen LogP contribution is 2.21. The third-order valence-electron chi connectivity index (χ3n) is 3.13. The number of carbonyl (C=O) groups excluding carboxylic acids is 4. The minimum atomic E-state index is -3.76. The molecule has 15 nitrogen and oxygen atoms in total. The van der Waals surface area contributed by atoms with E-state index in [9.17, 15) is 39.6 Å². The molecule has 0 fully saturated rings. The number of rotatable bonds is 9. The number of likely N-dealkylation sites (N-methyl/N-ethyl adjacent to an activating group) is 1. The van der Waals surface area contributed by atoms with Crippen molar-refractivity contribution in [2.45, 2.75) is 31.0 Å². The molecule has 0 amide bonds. The van der Waals surface area contributed by atoms with Gasteiger partial charge in [-0.1, -0.05) is 0 Å². The normalized spacial score (nSPS) is 16.0. The number of nitrogens with zero attached hydrogens (tertiary/aromatic N) is 1. The van der Waals surface area contributed by atoms with Crippen LogP contribution in [0.2, 0.25) is 0 Å². The number of nitrogens with two attached hydrogens (primary N) is 1. The Morgan fingerprint density at radius 3 is 2.14 bits per heavy atom. The number of guanidine groups is 1. The van der Waals surface area contributed by atoms with Crippen LogP contribution in [0.3, 0.4) is 0 Å². The van der Waals surface area contributed by atoms with Crippen LogP contribution in [0.25, 0.3) is 0 Å². The van der Waals surface area contributed by atoms with Crippen LogP contribution in [0.15, 0.2) is 0 Å². The Balaban J connectivity index is 5.59. The molecule has 0 aliphatic heterocycles. The van der Waals surface area contributed by atoms with Crippen molar-refractivity contribution in [1.29, 1.82) is 5.41 Å². The van der Waals surface area contributed by atoms with Crippen LogP contribution in [-0.4, -0.2) is 104 Å². The van der Waals surface area contributed by atoms with Crippen molar-refractivity contribution in [3.63, 3.8) is 0 Å². The van der Waals surface area contributed by atoms with Crippen molar-refractivity contribution in [2.24, 2.45) is 5.73 Å². The molecule has 28 heavy (non-hydrogen) atoms. The van der Waals surface area contributed by atoms with Gasteiger partial charge in [-0.25, -0.2) is 19.4 Å². The van der Waals surface area contributed by atoms with Gasteiger partial charge in [0.1, 0.15) is 18.8 Å². The molecular weight excluding hydrogens is 390 g/mol. The van der Waals surface area contributed by atoms with Gasteiger partial charge in [-0.3, -0.25) is 15.0 Å². The number of ether oxygens (including phenoxy) is 1. The van der Waals surface area contributed by atoms with Crippen LogP contribution in [0, 0.1) is 5.41 Å². The second-order valence-corrected chi connectivity index (χ2v) is 5.39. The lowest BCUT2D eigenvalue weighted by molar-refractivity contribution is -0.311. The van der Waals surface area contributed by atoms with Crippen molar-refractivity contribution in [3.05, 3.63) is 0 Å². The Bertz CT molecular complexity index is 626. The molecule has 0 radical (unpaired) electrons. The molecule has 0 saturated heterocycles. The van der Waals surface area contributed by atoms with Gasteiger partial charge in [-0.15, -0.1) is 0 Å². The van der Waals surface area contributed by atoms with Crippen LogP contribution in [0.1, 0.15) is 6.92 Å². The number of Topliss-reactive ketones (excluding diaryl/α,β-unsaturated/α-hetero) is 1. The van der Waals surface area contributed by atoms with Gasteiger partial charge in [0.2, 0.25) is 5.78 Å². The van der Waals surface area contributed by atoms with Crippen LogP contribution in [0.4, 0.5) is 0 Å². The number of aliphatic hydroxyl groups is 5. The first-order valence-corrected chi connectivity index (χ1v) is 7.36. The van der Waals surface area contributed by atoms with Gasteiger partial charge in [-0.05, 0) is 0 Å². The number of nitrogens with one attached hydrogen (secondary N) is 1. The molecule has 0 bridgehead atoms. The summed E-state index contributed by atoms with van der Waals surface area (Å²) in [7, 11) is 1.15. The average Bonchev–Trinajstić information content (AvgIpc) is 2.62. The molecule has 0 aromatic carbocycles. The third-order valence-corrected chi connectivity index (χ3v) is 3.13. The van der Waals surface area contributed by atoms with E-state index < -0.39 is 66.9 Å². The highest BCUT2D eigenvalue weighted by molar-refractivity contribution is 6.32. The van der Waals surface area contributed by atoms with E-state index in [4.69, 9.17) is 16.2 Å². The Morgan fingerprint density at radius 1 is 1.18 bits per heavy atom. The van der Waals surface area contributed by atoms with Crippen molar-refractivity contribution in [2.75, 3.05) is 20.2 Å². The minimum Gasteiger partial charge on any atom is -0.417 e. The Kier molecular flexibility index (Phi) is 9.41. The predicted octanol–water partition coefficient (Wildman–Crippen LogP) is -5.29. The van der Waals surface area contributed by atoms with Gasteiger partial charge < -0.3 is 40.9 Å². The minimum absolute atomic E-state index is 0.616. The van der Waals surface area contributed by atoms with E-state index in [0.29, 0.717) is 0 Å². The molecular formula is C13H21N3O12. The highest BCUT2D eigenvalue weighted by Gasteiger charge is 2.55. The van der Waals surface area contributed by atoms with E-state index in [1.54, 1.807) is 0 Å². The predicted molar refractivity (Wildman–Crippen MR) is 83.6 cm³/mol. The standard InChI is InChI=1S/C13H21N3O12/c1-5(18)10(23)27-28-11(24)13(25,9(22)8(21)6(19)4-17)26-7(20)3-16(2)12(14)15/h6,8-9,17,19,21-22,25H,3-4H2,1-2H3,(H3,14,15). The molecule has 8 N–H and O–H groups in total. The maximum atomic E-state index is 12.0. The number of carbonyl (C=O) groups is 4. The van der Waals surface area contributed by atoms with Gasteiger partial charge in [0.05, 0.1) is 6.61 Å². The summed E-state index contributed by atoms with van der Waals surface area (Å²) < 4.78 is 4.36. The van der Waals surface area contributed by atoms with Crippen molar-refractivity contribution in [3.8, 4) is 0 Å². The van der Waals surface area contributed by atoms with Gasteiger partial charge in [0, 0.05) is 14.0 Å². The quantitative estimate of drug-likeness (QED) is 0.0356. The first kappa shape index (κ1) is 25.1. The van der Waals surface area contributed by atoms with Crippen molar-refractivity contribution in [1.82, 2.24) is 4.90 Å². The lowest BCUT2D eigenvalue weighted by Crippen LogP contribution is -2.61. The van der Waals surface area contributed by atoms with Gasteiger partial charge in [-0.2, -0.15) is 0 Å². The van der Waals surface area contributed by atoms with Crippen LogP contribution >= 0.6 is 0 Å². The Hall–Kier alpha value is -2.85. The number of esters is 1. The van der Waals surface area contributed by atoms with E-state index in [0.717, 1.165) is 18.9 Å². The maximum absolute atomic E-state index is 12.0. The summed E-state index contributed by atoms with van der Waals surface area (Å²) in [6.07, 6.45) is -7.37. The molecule has 0 spiro atoms. The van der Waals surface area contributed by atoms with Gasteiger partial charge in [0.25, 0.3) is 0 Å². The largest absolute Gasteiger partial charge is 0.429 e. The smallest absolute Gasteiger partial charge is 0.417 e. The van der Waals surface area contributed by atoms with E-state index in [-0.39, 0.29) is 0 Å². The van der Waals surface area contributed by atoms with Gasteiger partial charge >= 0.3 is 23.7 Å². The molecule has 0 heterocycles. The number of aliphatic hydroxyl groups excluding tert-OH is 4. The third kappa shape index (κ3) is 6.71. The first-order chi connectivity index (χ1) is 12.8. The van der Waals surface area contributed by atoms with E-state index in [1.807, 2.05) is 0 Å². The van der Waals surface area contributed by atoms with E-state index in [2.05, 4.69) is 14.5 Å². The zero-order valence-electron chi connectivity index (χ0n) is 14.8. The maximum Gasteiger partial charge on any atom is 0.429 e. The van der Waals surface area contributed by atoms with E-state index in [1.165, 1.54) is 0 Å². The molecule has 160 valence electrons. The Labute approximate surface area is 157 Å². The summed E-state index contributed by atoms with van der Waals surface area (Å²) in [5.41, 5.74) is 5.09. The molecule has 15 heteroatoms. The number of ketones is 1. The summed E-state index contributed by atoms with van der Waals surface area (Å²) in [4.78, 5) is 53.9. The second kappa shape index (κ2) is 10.5. The molecule has 0 aliphatic rings. The molecule has 0 aromatic heterocycles. The molecule has 0 saturated carbocycles. The van der Waals surface area contributed by atoms with Crippen molar-refractivity contribution >= 4 is 29.7 Å². The summed E-state index contributed by atoms with van der Waals surface area (Å²) in [6, 6.07) is 0. The summed E-state index contributed by atoms with van der Waals surface area (Å²) >= 11 is 0. The second-order valence-electron chi connectivity index (χ2n) is 5.39. The molecule has 0 aromatic rings. The summed E-state index contributed by atoms with van der Waals surface area (Å²) in [6.45, 7) is -1.22. The summed E-state index contributed by atoms with van der Waals surface area (Å²) in [5, 5.41) is 55.1. The van der Waals surface area contributed by atoms with Crippen LogP contribution in [-0.2, 0) is 33.7 Å². The molecule has 4 atom stereocenters. The van der Waals surface area contributed by atoms with Gasteiger partial charge in [0.15, 0.2) is 12.1 Å². The molecule has 0 aliphatic carbocycles. The highest BCUT2D eigenvalue weighted by atomic mass is 17.2. The van der Waals surface area contributed by atoms with Crippen LogP contribution < -0.4 is 5.73 Å². The fraction of sp³-hybridized carbons (Fsp3) is 0.615. The zero-order chi connectivity index (χ0) is 22.2.